The molecule has 1 unspecified atom stereocenters. The Bertz CT molecular complexity index is 607. The van der Waals surface area contributed by atoms with Crippen LogP contribution in [-0.4, -0.2) is 18.2 Å². The van der Waals surface area contributed by atoms with Gasteiger partial charge in [0.15, 0.2) is 11.5 Å². The van der Waals surface area contributed by atoms with E-state index in [9.17, 15) is 4.79 Å². The van der Waals surface area contributed by atoms with Gasteiger partial charge in [-0.2, -0.15) is 0 Å². The minimum Gasteiger partial charge on any atom is -0.493 e. The van der Waals surface area contributed by atoms with Crippen molar-refractivity contribution in [1.29, 1.82) is 0 Å². The average molecular weight is 286 g/mol. The quantitative estimate of drug-likeness (QED) is 0.883. The van der Waals surface area contributed by atoms with Crippen LogP contribution in [-0.2, 0) is 11.4 Å². The first kappa shape index (κ1) is 14.9. The van der Waals surface area contributed by atoms with Crippen molar-refractivity contribution in [2.45, 2.75) is 19.4 Å². The molecule has 0 radical (unpaired) electrons. The van der Waals surface area contributed by atoms with Crippen LogP contribution in [0.4, 0.5) is 0 Å². The Labute approximate surface area is 123 Å². The third-order valence-electron chi connectivity index (χ3n) is 3.30. The van der Waals surface area contributed by atoms with Gasteiger partial charge in [-0.25, -0.2) is 0 Å². The van der Waals surface area contributed by atoms with Crippen molar-refractivity contribution in [3.8, 4) is 11.5 Å². The normalized spacial score (nSPS) is 11.7. The molecule has 1 N–H and O–H groups in total. The van der Waals surface area contributed by atoms with E-state index in [2.05, 4.69) is 0 Å². The summed E-state index contributed by atoms with van der Waals surface area (Å²) in [6, 6.07) is 15.0. The lowest BCUT2D eigenvalue weighted by atomic mass is 10.0. The highest BCUT2D eigenvalue weighted by atomic mass is 16.5. The van der Waals surface area contributed by atoms with Crippen LogP contribution in [0.3, 0.4) is 0 Å². The first-order chi connectivity index (χ1) is 10.1. The molecule has 4 heteroatoms. The van der Waals surface area contributed by atoms with Crippen molar-refractivity contribution in [2.24, 2.45) is 0 Å². The van der Waals surface area contributed by atoms with Crippen molar-refractivity contribution < 1.29 is 19.4 Å². The molecule has 0 saturated carbocycles. The molecule has 0 saturated heterocycles. The fourth-order valence-corrected chi connectivity index (χ4v) is 1.95. The third kappa shape index (κ3) is 3.75. The van der Waals surface area contributed by atoms with Crippen molar-refractivity contribution in [2.75, 3.05) is 7.11 Å². The van der Waals surface area contributed by atoms with Gasteiger partial charge in [0.1, 0.15) is 6.61 Å². The van der Waals surface area contributed by atoms with Crippen LogP contribution in [0, 0.1) is 0 Å². The number of methoxy groups -OCH3 is 1. The van der Waals surface area contributed by atoms with E-state index in [-0.39, 0.29) is 0 Å². The summed E-state index contributed by atoms with van der Waals surface area (Å²) >= 11 is 0. The molecular formula is C17H18O4. The monoisotopic (exact) mass is 286 g/mol. The summed E-state index contributed by atoms with van der Waals surface area (Å²) < 4.78 is 11.0. The highest BCUT2D eigenvalue weighted by Gasteiger charge is 2.16. The lowest BCUT2D eigenvalue weighted by Crippen LogP contribution is -2.08. The average Bonchev–Trinajstić information content (AvgIpc) is 2.52. The highest BCUT2D eigenvalue weighted by molar-refractivity contribution is 5.75. The number of hydrogen-bond donors (Lipinski definition) is 1. The van der Waals surface area contributed by atoms with E-state index in [0.717, 1.165) is 5.56 Å². The van der Waals surface area contributed by atoms with Crippen molar-refractivity contribution in [1.82, 2.24) is 0 Å². The molecule has 0 aliphatic carbocycles. The summed E-state index contributed by atoms with van der Waals surface area (Å²) in [6.07, 6.45) is 0. The number of carboxylic acid groups (broad SMARTS) is 1. The predicted octanol–water partition coefficient (Wildman–Crippen LogP) is 3.46. The standard InChI is InChI=1S/C17H18O4/c1-12(17(18)19)14-8-9-15(20-2)16(10-14)21-11-13-6-4-3-5-7-13/h3-10,12H,11H2,1-2H3,(H,18,19). The summed E-state index contributed by atoms with van der Waals surface area (Å²) in [6.45, 7) is 2.05. The van der Waals surface area contributed by atoms with Gasteiger partial charge in [-0.15, -0.1) is 0 Å². The lowest BCUT2D eigenvalue weighted by molar-refractivity contribution is -0.138. The predicted molar refractivity (Wildman–Crippen MR) is 79.8 cm³/mol. The van der Waals surface area contributed by atoms with Gasteiger partial charge in [0.2, 0.25) is 0 Å². The Morgan fingerprint density at radius 1 is 1.14 bits per heavy atom. The molecule has 0 aliphatic rings. The molecule has 2 rings (SSSR count). The molecule has 0 bridgehead atoms. The Morgan fingerprint density at radius 3 is 2.48 bits per heavy atom. The van der Waals surface area contributed by atoms with Crippen LogP contribution in [0.5, 0.6) is 11.5 Å². The Hall–Kier alpha value is -2.49. The van der Waals surface area contributed by atoms with Crippen molar-refractivity contribution >= 4 is 5.97 Å². The molecule has 0 aliphatic heterocycles. The number of carbonyl (C=O) groups is 1. The SMILES string of the molecule is COc1ccc(C(C)C(=O)O)cc1OCc1ccccc1. The molecular weight excluding hydrogens is 268 g/mol. The smallest absolute Gasteiger partial charge is 0.310 e. The number of carboxylic acids is 1. The second-order valence-electron chi connectivity index (χ2n) is 4.74. The zero-order chi connectivity index (χ0) is 15.2. The minimum absolute atomic E-state index is 0.405. The first-order valence-corrected chi connectivity index (χ1v) is 6.69. The lowest BCUT2D eigenvalue weighted by Gasteiger charge is -2.14. The summed E-state index contributed by atoms with van der Waals surface area (Å²) in [5.41, 5.74) is 1.72. The molecule has 2 aromatic rings. The molecule has 4 nitrogen and oxygen atoms in total. The summed E-state index contributed by atoms with van der Waals surface area (Å²) in [5.74, 6) is -0.316. The van der Waals surface area contributed by atoms with Crippen LogP contribution in [0.1, 0.15) is 24.0 Å². The fraction of sp³-hybridized carbons (Fsp3) is 0.235. The van der Waals surface area contributed by atoms with E-state index < -0.39 is 11.9 Å². The molecule has 1 atom stereocenters. The zero-order valence-corrected chi connectivity index (χ0v) is 12.1. The molecule has 0 aromatic heterocycles. The van der Waals surface area contributed by atoms with E-state index in [1.807, 2.05) is 30.3 Å². The van der Waals surface area contributed by atoms with Gasteiger partial charge < -0.3 is 14.6 Å². The van der Waals surface area contributed by atoms with Crippen molar-refractivity contribution in [3.05, 3.63) is 59.7 Å². The van der Waals surface area contributed by atoms with Crippen LogP contribution in [0.25, 0.3) is 0 Å². The molecule has 0 spiro atoms. The molecule has 0 fully saturated rings. The van der Waals surface area contributed by atoms with E-state index in [4.69, 9.17) is 14.6 Å². The number of ether oxygens (including phenoxy) is 2. The Balaban J connectivity index is 2.20. The molecule has 110 valence electrons. The van der Waals surface area contributed by atoms with Gasteiger partial charge in [-0.05, 0) is 30.2 Å². The number of aliphatic carboxylic acids is 1. The maximum atomic E-state index is 11.1. The number of benzene rings is 2. The first-order valence-electron chi connectivity index (χ1n) is 6.69. The largest absolute Gasteiger partial charge is 0.493 e. The van der Waals surface area contributed by atoms with Gasteiger partial charge in [-0.1, -0.05) is 36.4 Å². The maximum Gasteiger partial charge on any atom is 0.310 e. The van der Waals surface area contributed by atoms with Gasteiger partial charge in [0, 0.05) is 0 Å². The van der Waals surface area contributed by atoms with Gasteiger partial charge in [0.25, 0.3) is 0 Å². The number of rotatable bonds is 6. The number of hydrogen-bond acceptors (Lipinski definition) is 3. The van der Waals surface area contributed by atoms with Crippen LogP contribution < -0.4 is 9.47 Å². The summed E-state index contributed by atoms with van der Waals surface area (Å²) in [4.78, 5) is 11.1. The minimum atomic E-state index is -0.867. The van der Waals surface area contributed by atoms with E-state index in [1.54, 1.807) is 32.2 Å². The maximum absolute atomic E-state index is 11.1. The Kier molecular flexibility index (Phi) is 4.82. The second kappa shape index (κ2) is 6.79. The highest BCUT2D eigenvalue weighted by Crippen LogP contribution is 2.31. The van der Waals surface area contributed by atoms with E-state index in [1.165, 1.54) is 0 Å². The zero-order valence-electron chi connectivity index (χ0n) is 12.1. The molecule has 21 heavy (non-hydrogen) atoms. The van der Waals surface area contributed by atoms with Crippen LogP contribution in [0.2, 0.25) is 0 Å². The summed E-state index contributed by atoms with van der Waals surface area (Å²) in [7, 11) is 1.56. The van der Waals surface area contributed by atoms with Gasteiger partial charge in [0.05, 0.1) is 13.0 Å². The molecule has 2 aromatic carbocycles. The van der Waals surface area contributed by atoms with Crippen LogP contribution >= 0.6 is 0 Å². The fourth-order valence-electron chi connectivity index (χ4n) is 1.95. The van der Waals surface area contributed by atoms with Gasteiger partial charge in [-0.3, -0.25) is 4.79 Å². The summed E-state index contributed by atoms with van der Waals surface area (Å²) in [5, 5.41) is 9.09. The van der Waals surface area contributed by atoms with Crippen molar-refractivity contribution in [3.63, 3.8) is 0 Å². The van der Waals surface area contributed by atoms with Crippen LogP contribution in [0.15, 0.2) is 48.5 Å². The van der Waals surface area contributed by atoms with E-state index >= 15 is 0 Å². The van der Waals surface area contributed by atoms with E-state index in [0.29, 0.717) is 23.7 Å². The molecule has 0 amide bonds. The van der Waals surface area contributed by atoms with Gasteiger partial charge >= 0.3 is 5.97 Å². The topological polar surface area (TPSA) is 55.8 Å². The molecule has 0 heterocycles. The second-order valence-corrected chi connectivity index (χ2v) is 4.74. The third-order valence-corrected chi connectivity index (χ3v) is 3.30. The Morgan fingerprint density at radius 2 is 1.86 bits per heavy atom.